The van der Waals surface area contributed by atoms with Crippen LogP contribution in [0.25, 0.3) is 0 Å². The van der Waals surface area contributed by atoms with E-state index in [1.807, 2.05) is 48.5 Å². The zero-order chi connectivity index (χ0) is 38.1. The molecule has 0 radical (unpaired) electrons. The molecule has 53 heavy (non-hydrogen) atoms. The maximum atomic E-state index is 15.0. The number of alkyl halides is 1. The van der Waals surface area contributed by atoms with Crippen LogP contribution < -0.4 is 5.32 Å². The fourth-order valence-electron chi connectivity index (χ4n) is 8.28. The van der Waals surface area contributed by atoms with E-state index in [9.17, 15) is 24.3 Å². The van der Waals surface area contributed by atoms with Crippen molar-refractivity contribution in [2.75, 3.05) is 33.4 Å². The number of amides is 3. The molecule has 0 aliphatic carbocycles. The van der Waals surface area contributed by atoms with Crippen LogP contribution in [0.3, 0.4) is 0 Å². The molecule has 3 saturated heterocycles. The predicted octanol–water partition coefficient (Wildman–Crippen LogP) is 5.05. The van der Waals surface area contributed by atoms with Crippen LogP contribution in [0, 0.1) is 11.8 Å². The Kier molecular flexibility index (Phi) is 14.1. The van der Waals surface area contributed by atoms with Crippen LogP contribution in [0.2, 0.25) is 0 Å². The summed E-state index contributed by atoms with van der Waals surface area (Å²) < 4.78 is 18.6. The highest BCUT2D eigenvalue weighted by Gasteiger charge is 2.77. The summed E-state index contributed by atoms with van der Waals surface area (Å²) >= 11 is 3.75. The molecule has 3 heterocycles. The number of methoxy groups -OCH3 is 1. The first-order valence-electron chi connectivity index (χ1n) is 18.5. The Balaban J connectivity index is 1.56. The van der Waals surface area contributed by atoms with Gasteiger partial charge in [-0.3, -0.25) is 19.2 Å². The monoisotopic (exact) mass is 793 g/mol. The standard InChI is InChI=1S/C41H52BrN3O8/c1-5-8-16-23-44(22-7-3)39(49)37-41-24-29(42)36(53-41)33(34(41)38(48)45(37)31(25-46)27-17-12-10-13-18-27)40(50)52-35(28-19-14-11-15-20-28)30(26-51-4)43-32(47)21-9-6-2/h6-7,10-15,17-20,29-31,33-37,46H,2-3,5,8-9,16,21-26H2,1,4H3,(H,43,47)/t29?,30-,31+,33+,34-,35-,36+,37+,41-/m0/s1. The van der Waals surface area contributed by atoms with Crippen molar-refractivity contribution < 1.29 is 38.5 Å². The van der Waals surface area contributed by atoms with E-state index in [1.165, 1.54) is 12.0 Å². The minimum Gasteiger partial charge on any atom is -0.455 e. The molecule has 3 aliphatic rings. The highest BCUT2D eigenvalue weighted by atomic mass is 79.9. The Hall–Kier alpha value is -3.84. The number of ether oxygens (including phenoxy) is 3. The number of aliphatic hydroxyl groups excluding tert-OH is 1. The maximum Gasteiger partial charge on any atom is 0.313 e. The Morgan fingerprint density at radius 3 is 2.38 bits per heavy atom. The second-order valence-corrected chi connectivity index (χ2v) is 15.2. The lowest BCUT2D eigenvalue weighted by molar-refractivity contribution is -0.163. The zero-order valence-electron chi connectivity index (χ0n) is 30.6. The molecule has 3 aliphatic heterocycles. The van der Waals surface area contributed by atoms with E-state index in [0.717, 1.165) is 19.3 Å². The summed E-state index contributed by atoms with van der Waals surface area (Å²) in [6.07, 6.45) is 5.18. The number of fused-ring (bicyclic) bond motifs is 1. The van der Waals surface area contributed by atoms with Crippen LogP contribution in [-0.4, -0.2) is 101 Å². The van der Waals surface area contributed by atoms with E-state index in [-0.39, 0.29) is 36.2 Å². The average molecular weight is 795 g/mol. The minimum atomic E-state index is -1.38. The number of benzene rings is 2. The van der Waals surface area contributed by atoms with Crippen molar-refractivity contribution in [1.29, 1.82) is 0 Å². The van der Waals surface area contributed by atoms with E-state index in [0.29, 0.717) is 30.5 Å². The van der Waals surface area contributed by atoms with Crippen LogP contribution in [-0.2, 0) is 33.4 Å². The van der Waals surface area contributed by atoms with Crippen molar-refractivity contribution in [2.45, 2.75) is 86.2 Å². The number of aliphatic hydroxyl groups is 1. The van der Waals surface area contributed by atoms with E-state index in [4.69, 9.17) is 14.2 Å². The van der Waals surface area contributed by atoms with Crippen LogP contribution >= 0.6 is 15.9 Å². The van der Waals surface area contributed by atoms with Crippen LogP contribution in [0.1, 0.15) is 68.7 Å². The minimum absolute atomic E-state index is 0.0431. The van der Waals surface area contributed by atoms with Gasteiger partial charge in [0.05, 0.1) is 43.2 Å². The Morgan fingerprint density at radius 2 is 1.77 bits per heavy atom. The number of likely N-dealkylation sites (tertiary alicyclic amines) is 1. The van der Waals surface area contributed by atoms with Gasteiger partial charge < -0.3 is 34.4 Å². The van der Waals surface area contributed by atoms with Crippen LogP contribution in [0.15, 0.2) is 86.0 Å². The summed E-state index contributed by atoms with van der Waals surface area (Å²) in [5, 5.41) is 13.9. The first-order valence-corrected chi connectivity index (χ1v) is 19.4. The van der Waals surface area contributed by atoms with Gasteiger partial charge in [-0.05, 0) is 30.4 Å². The normalized spacial score (nSPS) is 26.0. The zero-order valence-corrected chi connectivity index (χ0v) is 32.2. The molecule has 0 aromatic heterocycles. The summed E-state index contributed by atoms with van der Waals surface area (Å²) in [6, 6.07) is 15.4. The quantitative estimate of drug-likeness (QED) is 0.0824. The smallest absolute Gasteiger partial charge is 0.313 e. The number of nitrogens with zero attached hydrogens (tertiary/aromatic N) is 2. The van der Waals surface area contributed by atoms with Gasteiger partial charge in [0, 0.05) is 31.4 Å². The van der Waals surface area contributed by atoms with Gasteiger partial charge in [-0.25, -0.2) is 0 Å². The van der Waals surface area contributed by atoms with Gasteiger partial charge in [0.2, 0.25) is 17.7 Å². The Bertz CT molecular complexity index is 1590. The molecule has 1 spiro atoms. The maximum absolute atomic E-state index is 15.0. The van der Waals surface area contributed by atoms with Gasteiger partial charge in [-0.2, -0.15) is 0 Å². The number of hydrogen-bond acceptors (Lipinski definition) is 8. The highest BCUT2D eigenvalue weighted by Crippen LogP contribution is 2.61. The molecule has 1 unspecified atom stereocenters. The van der Waals surface area contributed by atoms with E-state index in [2.05, 4.69) is 41.3 Å². The molecular weight excluding hydrogens is 742 g/mol. The fraction of sp³-hybridized carbons (Fsp3) is 0.512. The lowest BCUT2D eigenvalue weighted by atomic mass is 9.70. The number of nitrogens with one attached hydrogen (secondary N) is 1. The highest BCUT2D eigenvalue weighted by molar-refractivity contribution is 9.09. The average Bonchev–Trinajstić information content (AvgIpc) is 3.76. The third-order valence-corrected chi connectivity index (χ3v) is 11.5. The molecule has 0 saturated carbocycles. The predicted molar refractivity (Wildman–Crippen MR) is 204 cm³/mol. The van der Waals surface area contributed by atoms with Crippen molar-refractivity contribution in [1.82, 2.24) is 15.1 Å². The molecule has 5 rings (SSSR count). The third kappa shape index (κ3) is 8.30. The lowest BCUT2D eigenvalue weighted by Gasteiger charge is -2.39. The molecule has 2 N–H and O–H groups in total. The molecule has 2 aromatic rings. The number of esters is 1. The molecule has 3 fully saturated rings. The van der Waals surface area contributed by atoms with Crippen molar-refractivity contribution in [3.63, 3.8) is 0 Å². The SMILES string of the molecule is C=CCCC(=O)N[C@@H](COC)[C@@H](OC(=O)[C@H]1[C@@H]2O[C@@]3(CC2Br)[C@@H]1C(=O)N([C@H](CO)c1ccccc1)[C@@H]3C(=O)N(CC=C)CCCCC)c1ccccc1. The Labute approximate surface area is 320 Å². The van der Waals surface area contributed by atoms with Crippen LogP contribution in [0.5, 0.6) is 0 Å². The summed E-state index contributed by atoms with van der Waals surface area (Å²) in [7, 11) is 1.50. The van der Waals surface area contributed by atoms with Gasteiger partial charge in [0.1, 0.15) is 17.7 Å². The second-order valence-electron chi connectivity index (χ2n) is 14.0. The number of unbranched alkanes of at least 4 members (excludes halogenated alkanes) is 2. The van der Waals surface area contributed by atoms with Crippen LogP contribution in [0.4, 0.5) is 0 Å². The van der Waals surface area contributed by atoms with Gasteiger partial charge in [0.15, 0.2) is 0 Å². The van der Waals surface area contributed by atoms with E-state index < -0.39 is 66.3 Å². The molecule has 11 nitrogen and oxygen atoms in total. The van der Waals surface area contributed by atoms with E-state index in [1.54, 1.807) is 29.2 Å². The molecular formula is C41H52BrN3O8. The summed E-state index contributed by atoms with van der Waals surface area (Å²) in [6.45, 7) is 9.99. The number of rotatable bonds is 20. The molecule has 286 valence electrons. The molecule has 2 aromatic carbocycles. The lowest BCUT2D eigenvalue weighted by Crippen LogP contribution is -2.57. The number of allylic oxidation sites excluding steroid dienone is 1. The summed E-state index contributed by atoms with van der Waals surface area (Å²) in [4.78, 5) is 60.3. The van der Waals surface area contributed by atoms with Crippen molar-refractivity contribution in [2.24, 2.45) is 11.8 Å². The largest absolute Gasteiger partial charge is 0.455 e. The molecule has 12 heteroatoms. The molecule has 3 amide bonds. The number of halogens is 1. The third-order valence-electron chi connectivity index (χ3n) is 10.6. The number of hydrogen-bond donors (Lipinski definition) is 2. The number of carbonyl (C=O) groups excluding carboxylic acids is 4. The summed E-state index contributed by atoms with van der Waals surface area (Å²) in [5.41, 5.74) is -0.0949. The Morgan fingerprint density at radius 1 is 1.09 bits per heavy atom. The van der Waals surface area contributed by atoms with Gasteiger partial charge >= 0.3 is 5.97 Å². The first-order chi connectivity index (χ1) is 25.7. The van der Waals surface area contributed by atoms with Gasteiger partial charge in [-0.1, -0.05) is 109 Å². The fourth-order valence-corrected chi connectivity index (χ4v) is 9.22. The topological polar surface area (TPSA) is 135 Å². The first kappa shape index (κ1) is 40.3. The second kappa shape index (κ2) is 18.5. The van der Waals surface area contributed by atoms with Crippen molar-refractivity contribution in [3.8, 4) is 0 Å². The van der Waals surface area contributed by atoms with Gasteiger partial charge in [-0.15, -0.1) is 13.2 Å². The molecule has 9 atom stereocenters. The van der Waals surface area contributed by atoms with Crippen molar-refractivity contribution >= 4 is 39.6 Å². The van der Waals surface area contributed by atoms with Gasteiger partial charge in [0.25, 0.3) is 0 Å². The number of carbonyl (C=O) groups is 4. The van der Waals surface area contributed by atoms with Crippen molar-refractivity contribution in [3.05, 3.63) is 97.1 Å². The summed E-state index contributed by atoms with van der Waals surface area (Å²) in [5.74, 6) is -3.87. The van der Waals surface area contributed by atoms with E-state index >= 15 is 0 Å². The molecule has 2 bridgehead atoms.